The number of aliphatic imine (C=N–C) groups is 1. The Balaban J connectivity index is 2.73. The molecule has 0 aromatic carbocycles. The van der Waals surface area contributed by atoms with Gasteiger partial charge in [0.25, 0.3) is 0 Å². The number of guanidine groups is 1. The van der Waals surface area contributed by atoms with Gasteiger partial charge in [-0.15, -0.1) is 11.3 Å². The van der Waals surface area contributed by atoms with Gasteiger partial charge in [0.15, 0.2) is 11.8 Å². The van der Waals surface area contributed by atoms with Crippen LogP contribution < -0.4 is 11.5 Å². The van der Waals surface area contributed by atoms with Crippen molar-refractivity contribution in [3.8, 4) is 0 Å². The van der Waals surface area contributed by atoms with Gasteiger partial charge in [0, 0.05) is 0 Å². The molecule has 0 unspecified atom stereocenters. The molecule has 0 aliphatic rings. The SMILES string of the molecule is NC(N)=Nc1nc(Cl)nc2ccsc12. The van der Waals surface area contributed by atoms with Crippen molar-refractivity contribution in [1.82, 2.24) is 9.97 Å². The maximum absolute atomic E-state index is 5.70. The van der Waals surface area contributed by atoms with Crippen molar-refractivity contribution in [3.63, 3.8) is 0 Å². The second kappa shape index (κ2) is 3.39. The molecule has 0 fully saturated rings. The Morgan fingerprint density at radius 2 is 2.21 bits per heavy atom. The van der Waals surface area contributed by atoms with Crippen LogP contribution in [0.25, 0.3) is 10.2 Å². The number of thiophene rings is 1. The highest BCUT2D eigenvalue weighted by Crippen LogP contribution is 2.28. The number of nitrogens with zero attached hydrogens (tertiary/aromatic N) is 3. The third-order valence-corrected chi connectivity index (χ3v) is 2.56. The van der Waals surface area contributed by atoms with Gasteiger partial charge in [-0.3, -0.25) is 0 Å². The first-order valence-electron chi connectivity index (χ1n) is 3.67. The number of nitrogens with two attached hydrogens (primary N) is 2. The predicted octanol–water partition coefficient (Wildman–Crippen LogP) is 1.25. The van der Waals surface area contributed by atoms with Crippen LogP contribution in [0.15, 0.2) is 16.4 Å². The summed E-state index contributed by atoms with van der Waals surface area (Å²) in [4.78, 5) is 11.8. The Hall–Kier alpha value is -1.40. The molecule has 14 heavy (non-hydrogen) atoms. The van der Waals surface area contributed by atoms with Gasteiger partial charge in [-0.05, 0) is 23.0 Å². The van der Waals surface area contributed by atoms with Crippen LogP contribution in [0.2, 0.25) is 5.28 Å². The van der Waals surface area contributed by atoms with Crippen LogP contribution in [0.5, 0.6) is 0 Å². The number of aromatic nitrogens is 2. The van der Waals surface area contributed by atoms with Crippen LogP contribution in [0, 0.1) is 0 Å². The van der Waals surface area contributed by atoms with E-state index in [1.165, 1.54) is 11.3 Å². The van der Waals surface area contributed by atoms with E-state index in [0.717, 1.165) is 10.2 Å². The molecule has 0 aliphatic heterocycles. The Labute approximate surface area is 88.4 Å². The zero-order chi connectivity index (χ0) is 10.1. The van der Waals surface area contributed by atoms with E-state index in [9.17, 15) is 0 Å². The van der Waals surface area contributed by atoms with Crippen molar-refractivity contribution in [2.24, 2.45) is 16.5 Å². The molecule has 0 atom stereocenters. The number of hydrogen-bond donors (Lipinski definition) is 2. The van der Waals surface area contributed by atoms with E-state index in [1.54, 1.807) is 0 Å². The van der Waals surface area contributed by atoms with E-state index in [1.807, 2.05) is 11.4 Å². The standard InChI is InChI=1S/C7H6ClN5S/c8-6-11-3-1-2-14-4(3)5(12-6)13-7(9)10/h1-2H,(H4,9,10,11,12,13). The molecule has 4 N–H and O–H groups in total. The van der Waals surface area contributed by atoms with Crippen LogP contribution in [0.3, 0.4) is 0 Å². The fraction of sp³-hybridized carbons (Fsp3) is 0. The lowest BCUT2D eigenvalue weighted by molar-refractivity contribution is 1.20. The first-order chi connectivity index (χ1) is 6.66. The number of rotatable bonds is 1. The van der Waals surface area contributed by atoms with Gasteiger partial charge in [-0.1, -0.05) is 0 Å². The summed E-state index contributed by atoms with van der Waals surface area (Å²) in [5, 5.41) is 2.01. The summed E-state index contributed by atoms with van der Waals surface area (Å²) in [5.41, 5.74) is 11.3. The minimum atomic E-state index is -0.0468. The maximum atomic E-state index is 5.70. The van der Waals surface area contributed by atoms with Crippen LogP contribution in [-0.2, 0) is 0 Å². The minimum Gasteiger partial charge on any atom is -0.370 e. The average molecular weight is 228 g/mol. The van der Waals surface area contributed by atoms with Crippen molar-refractivity contribution >= 4 is 44.9 Å². The Morgan fingerprint density at radius 1 is 1.43 bits per heavy atom. The zero-order valence-corrected chi connectivity index (χ0v) is 8.51. The molecule has 0 amide bonds. The molecule has 2 heterocycles. The van der Waals surface area contributed by atoms with Crippen molar-refractivity contribution < 1.29 is 0 Å². The highest BCUT2D eigenvalue weighted by molar-refractivity contribution is 7.17. The predicted molar refractivity (Wildman–Crippen MR) is 57.9 cm³/mol. The molecule has 2 aromatic rings. The van der Waals surface area contributed by atoms with Crippen molar-refractivity contribution in [3.05, 3.63) is 16.7 Å². The molecular weight excluding hydrogens is 222 g/mol. The lowest BCUT2D eigenvalue weighted by Crippen LogP contribution is -2.22. The van der Waals surface area contributed by atoms with Gasteiger partial charge >= 0.3 is 0 Å². The second-order valence-electron chi connectivity index (χ2n) is 2.49. The lowest BCUT2D eigenvalue weighted by atomic mass is 10.4. The monoisotopic (exact) mass is 227 g/mol. The third kappa shape index (κ3) is 1.61. The van der Waals surface area contributed by atoms with Crippen molar-refractivity contribution in [1.29, 1.82) is 0 Å². The summed E-state index contributed by atoms with van der Waals surface area (Å²) in [6, 6.07) is 1.83. The topological polar surface area (TPSA) is 90.2 Å². The van der Waals surface area contributed by atoms with Gasteiger partial charge in [0.05, 0.1) is 10.2 Å². The van der Waals surface area contributed by atoms with Gasteiger partial charge in [0.1, 0.15) is 0 Å². The van der Waals surface area contributed by atoms with E-state index in [4.69, 9.17) is 23.1 Å². The highest BCUT2D eigenvalue weighted by atomic mass is 35.5. The second-order valence-corrected chi connectivity index (χ2v) is 3.74. The first kappa shape index (κ1) is 9.17. The number of fused-ring (bicyclic) bond motifs is 1. The van der Waals surface area contributed by atoms with E-state index >= 15 is 0 Å². The minimum absolute atomic E-state index is 0.0468. The average Bonchev–Trinajstić information content (AvgIpc) is 2.50. The molecule has 2 rings (SSSR count). The van der Waals surface area contributed by atoms with E-state index < -0.39 is 0 Å². The molecule has 5 nitrogen and oxygen atoms in total. The quantitative estimate of drug-likeness (QED) is 0.436. The van der Waals surface area contributed by atoms with E-state index in [0.29, 0.717) is 5.82 Å². The van der Waals surface area contributed by atoms with Crippen LogP contribution in [0.4, 0.5) is 5.82 Å². The zero-order valence-electron chi connectivity index (χ0n) is 6.94. The fourth-order valence-electron chi connectivity index (χ4n) is 1.02. The summed E-state index contributed by atoms with van der Waals surface area (Å²) in [6.07, 6.45) is 0. The molecular formula is C7H6ClN5S. The van der Waals surface area contributed by atoms with Crippen LogP contribution in [0.1, 0.15) is 0 Å². The molecule has 0 aliphatic carbocycles. The van der Waals surface area contributed by atoms with E-state index in [2.05, 4.69) is 15.0 Å². The molecule has 2 aromatic heterocycles. The van der Waals surface area contributed by atoms with Crippen LogP contribution >= 0.6 is 22.9 Å². The Bertz CT molecular complexity index is 502. The van der Waals surface area contributed by atoms with Gasteiger partial charge in [0.2, 0.25) is 5.28 Å². The van der Waals surface area contributed by atoms with Crippen molar-refractivity contribution in [2.75, 3.05) is 0 Å². The van der Waals surface area contributed by atoms with Gasteiger partial charge < -0.3 is 11.5 Å². The molecule has 0 bridgehead atoms. The third-order valence-electron chi connectivity index (χ3n) is 1.49. The fourth-order valence-corrected chi connectivity index (χ4v) is 1.95. The van der Waals surface area contributed by atoms with Crippen molar-refractivity contribution in [2.45, 2.75) is 0 Å². The highest BCUT2D eigenvalue weighted by Gasteiger charge is 2.06. The summed E-state index contributed by atoms with van der Waals surface area (Å²) < 4.78 is 0.822. The Morgan fingerprint density at radius 3 is 2.93 bits per heavy atom. The molecule has 0 radical (unpaired) electrons. The summed E-state index contributed by atoms with van der Waals surface area (Å²) in [6.45, 7) is 0. The lowest BCUT2D eigenvalue weighted by Gasteiger charge is -1.96. The molecule has 0 spiro atoms. The molecule has 0 saturated carbocycles. The van der Waals surface area contributed by atoms with Crippen LogP contribution in [-0.4, -0.2) is 15.9 Å². The normalized spacial score (nSPS) is 10.4. The number of halogens is 1. The van der Waals surface area contributed by atoms with Gasteiger partial charge in [-0.25, -0.2) is 4.98 Å². The van der Waals surface area contributed by atoms with Gasteiger partial charge in [-0.2, -0.15) is 9.98 Å². The van der Waals surface area contributed by atoms with E-state index in [-0.39, 0.29) is 11.2 Å². The molecule has 72 valence electrons. The maximum Gasteiger partial charge on any atom is 0.225 e. The Kier molecular flexibility index (Phi) is 2.22. The summed E-state index contributed by atoms with van der Waals surface area (Å²) in [5.74, 6) is 0.365. The smallest absolute Gasteiger partial charge is 0.225 e. The summed E-state index contributed by atoms with van der Waals surface area (Å²) in [7, 11) is 0. The first-order valence-corrected chi connectivity index (χ1v) is 4.93. The number of hydrogen-bond acceptors (Lipinski definition) is 4. The largest absolute Gasteiger partial charge is 0.370 e. The molecule has 7 heteroatoms. The molecule has 0 saturated heterocycles. The summed E-state index contributed by atoms with van der Waals surface area (Å²) >= 11 is 7.16.